The van der Waals surface area contributed by atoms with E-state index in [0.717, 1.165) is 22.3 Å². The van der Waals surface area contributed by atoms with Crippen molar-refractivity contribution in [2.24, 2.45) is 0 Å². The maximum Gasteiger partial charge on any atom is 0.126 e. The molecule has 2 N–H and O–H groups in total. The molecule has 0 amide bonds. The van der Waals surface area contributed by atoms with E-state index in [2.05, 4.69) is 0 Å². The molecule has 0 aromatic heterocycles. The summed E-state index contributed by atoms with van der Waals surface area (Å²) in [6.07, 6.45) is 7.79. The number of fused-ring (bicyclic) bond motifs is 4. The summed E-state index contributed by atoms with van der Waals surface area (Å²) in [5, 5.41) is 21.0. The lowest BCUT2D eigenvalue weighted by atomic mass is 9.77. The second kappa shape index (κ2) is 4.56. The molecule has 2 aliphatic rings. The first-order valence-electron chi connectivity index (χ1n) is 7.31. The van der Waals surface area contributed by atoms with Gasteiger partial charge in [0.1, 0.15) is 23.0 Å². The topological polar surface area (TPSA) is 58.9 Å². The van der Waals surface area contributed by atoms with E-state index in [-0.39, 0.29) is 11.5 Å². The van der Waals surface area contributed by atoms with E-state index in [1.54, 1.807) is 38.5 Å². The molecule has 4 heteroatoms. The average Bonchev–Trinajstić information content (AvgIpc) is 3.13. The molecule has 0 saturated heterocycles. The van der Waals surface area contributed by atoms with E-state index >= 15 is 0 Å². The minimum absolute atomic E-state index is 0.172. The van der Waals surface area contributed by atoms with Gasteiger partial charge in [0.2, 0.25) is 0 Å². The third-order valence-corrected chi connectivity index (χ3v) is 4.66. The van der Waals surface area contributed by atoms with Crippen molar-refractivity contribution in [1.82, 2.24) is 0 Å². The second-order valence-corrected chi connectivity index (χ2v) is 5.69. The van der Waals surface area contributed by atoms with Crippen LogP contribution in [0, 0.1) is 0 Å². The summed E-state index contributed by atoms with van der Waals surface area (Å²) in [6, 6.07) is 6.72. The summed E-state index contributed by atoms with van der Waals surface area (Å²) >= 11 is 0. The molecule has 0 bridgehead atoms. The van der Waals surface area contributed by atoms with Gasteiger partial charge in [0.25, 0.3) is 0 Å². The first kappa shape index (κ1) is 13.8. The SMILES string of the molecule is COc1ccc(O)c2c1C=CC21C=Cc2c(OC)ccc(O)c21. The van der Waals surface area contributed by atoms with E-state index in [0.29, 0.717) is 11.5 Å². The van der Waals surface area contributed by atoms with E-state index < -0.39 is 5.41 Å². The Labute approximate surface area is 133 Å². The van der Waals surface area contributed by atoms with Crippen LogP contribution in [0.5, 0.6) is 23.0 Å². The van der Waals surface area contributed by atoms with Gasteiger partial charge < -0.3 is 19.7 Å². The first-order valence-corrected chi connectivity index (χ1v) is 7.31. The zero-order valence-electron chi connectivity index (χ0n) is 12.8. The van der Waals surface area contributed by atoms with Gasteiger partial charge in [0.05, 0.1) is 19.6 Å². The fourth-order valence-corrected chi connectivity index (χ4v) is 3.68. The highest BCUT2D eigenvalue weighted by Crippen LogP contribution is 2.56. The molecule has 116 valence electrons. The number of ether oxygens (including phenoxy) is 2. The second-order valence-electron chi connectivity index (χ2n) is 5.69. The Morgan fingerprint density at radius 1 is 0.739 bits per heavy atom. The van der Waals surface area contributed by atoms with E-state index in [1.165, 1.54) is 0 Å². The summed E-state index contributed by atoms with van der Waals surface area (Å²) in [4.78, 5) is 0. The Morgan fingerprint density at radius 2 is 1.17 bits per heavy atom. The Bertz CT molecular complexity index is 804. The van der Waals surface area contributed by atoms with Crippen LogP contribution in [0.15, 0.2) is 36.4 Å². The number of benzene rings is 2. The van der Waals surface area contributed by atoms with Gasteiger partial charge in [-0.15, -0.1) is 0 Å². The van der Waals surface area contributed by atoms with E-state index in [1.807, 2.05) is 24.3 Å². The average molecular weight is 308 g/mol. The molecule has 0 heterocycles. The molecule has 0 atom stereocenters. The normalized spacial score (nSPS) is 15.7. The quantitative estimate of drug-likeness (QED) is 0.892. The predicted octanol–water partition coefficient (Wildman–Crippen LogP) is 3.45. The van der Waals surface area contributed by atoms with Crippen LogP contribution < -0.4 is 9.47 Å². The van der Waals surface area contributed by atoms with Crippen molar-refractivity contribution >= 4 is 12.2 Å². The van der Waals surface area contributed by atoms with Crippen LogP contribution in [-0.4, -0.2) is 24.4 Å². The van der Waals surface area contributed by atoms with Crippen LogP contribution in [0.2, 0.25) is 0 Å². The molecule has 23 heavy (non-hydrogen) atoms. The number of aromatic hydroxyl groups is 2. The summed E-state index contributed by atoms with van der Waals surface area (Å²) in [5.41, 5.74) is 2.38. The van der Waals surface area contributed by atoms with Crippen molar-refractivity contribution in [3.8, 4) is 23.0 Å². The Morgan fingerprint density at radius 3 is 1.57 bits per heavy atom. The van der Waals surface area contributed by atoms with Gasteiger partial charge >= 0.3 is 0 Å². The van der Waals surface area contributed by atoms with Crippen LogP contribution in [0.1, 0.15) is 22.3 Å². The molecule has 0 fully saturated rings. The van der Waals surface area contributed by atoms with Crippen LogP contribution >= 0.6 is 0 Å². The monoisotopic (exact) mass is 308 g/mol. The van der Waals surface area contributed by atoms with Crippen molar-refractivity contribution in [1.29, 1.82) is 0 Å². The third-order valence-electron chi connectivity index (χ3n) is 4.66. The van der Waals surface area contributed by atoms with Crippen molar-refractivity contribution in [2.75, 3.05) is 14.2 Å². The molecule has 2 aromatic rings. The summed E-state index contributed by atoms with van der Waals surface area (Å²) in [6.45, 7) is 0. The van der Waals surface area contributed by atoms with Gasteiger partial charge in [-0.3, -0.25) is 0 Å². The lowest BCUT2D eigenvalue weighted by molar-refractivity contribution is 0.406. The smallest absolute Gasteiger partial charge is 0.126 e. The summed E-state index contributed by atoms with van der Waals surface area (Å²) in [7, 11) is 3.20. The molecule has 0 aliphatic heterocycles. The zero-order valence-corrected chi connectivity index (χ0v) is 12.8. The maximum absolute atomic E-state index is 10.5. The van der Waals surface area contributed by atoms with Gasteiger partial charge in [0, 0.05) is 22.3 Å². The van der Waals surface area contributed by atoms with E-state index in [4.69, 9.17) is 9.47 Å². The number of phenolic OH excluding ortho intramolecular Hbond substituents is 2. The number of methoxy groups -OCH3 is 2. The first-order chi connectivity index (χ1) is 11.1. The largest absolute Gasteiger partial charge is 0.508 e. The molecular weight excluding hydrogens is 292 g/mol. The van der Waals surface area contributed by atoms with Gasteiger partial charge in [0.15, 0.2) is 0 Å². The van der Waals surface area contributed by atoms with Gasteiger partial charge in [-0.05, 0) is 24.3 Å². The van der Waals surface area contributed by atoms with Gasteiger partial charge in [-0.2, -0.15) is 0 Å². The predicted molar refractivity (Wildman–Crippen MR) is 88.2 cm³/mol. The molecule has 2 aliphatic carbocycles. The fraction of sp³-hybridized carbons (Fsp3) is 0.158. The number of allylic oxidation sites excluding steroid dienone is 2. The maximum atomic E-state index is 10.5. The number of phenols is 2. The highest BCUT2D eigenvalue weighted by molar-refractivity contribution is 5.86. The highest BCUT2D eigenvalue weighted by Gasteiger charge is 2.44. The molecule has 0 radical (unpaired) electrons. The molecule has 0 saturated carbocycles. The Hall–Kier alpha value is -2.88. The van der Waals surface area contributed by atoms with Crippen LogP contribution in [-0.2, 0) is 5.41 Å². The van der Waals surface area contributed by atoms with Crippen LogP contribution in [0.25, 0.3) is 12.2 Å². The van der Waals surface area contributed by atoms with Gasteiger partial charge in [-0.25, -0.2) is 0 Å². The minimum atomic E-state index is -0.706. The van der Waals surface area contributed by atoms with Crippen molar-refractivity contribution in [2.45, 2.75) is 5.41 Å². The number of hydrogen-bond donors (Lipinski definition) is 2. The molecule has 1 spiro atoms. The summed E-state index contributed by atoms with van der Waals surface area (Å²) < 4.78 is 10.8. The molecular formula is C19H16O4. The third kappa shape index (κ3) is 1.60. The molecule has 4 rings (SSSR count). The lowest BCUT2D eigenvalue weighted by Gasteiger charge is -2.26. The van der Waals surface area contributed by atoms with Crippen molar-refractivity contribution in [3.63, 3.8) is 0 Å². The summed E-state index contributed by atoms with van der Waals surface area (Å²) in [5.74, 6) is 1.72. The lowest BCUT2D eigenvalue weighted by Crippen LogP contribution is -2.19. The Kier molecular flexibility index (Phi) is 2.73. The van der Waals surface area contributed by atoms with Crippen LogP contribution in [0.4, 0.5) is 0 Å². The highest BCUT2D eigenvalue weighted by atomic mass is 16.5. The number of hydrogen-bond acceptors (Lipinski definition) is 4. The van der Waals surface area contributed by atoms with Crippen LogP contribution in [0.3, 0.4) is 0 Å². The molecule has 2 aromatic carbocycles. The van der Waals surface area contributed by atoms with Gasteiger partial charge in [-0.1, -0.05) is 24.3 Å². The fourth-order valence-electron chi connectivity index (χ4n) is 3.68. The minimum Gasteiger partial charge on any atom is -0.508 e. The zero-order chi connectivity index (χ0) is 16.2. The van der Waals surface area contributed by atoms with Crippen molar-refractivity contribution in [3.05, 3.63) is 58.7 Å². The molecule has 4 nitrogen and oxygen atoms in total. The van der Waals surface area contributed by atoms with E-state index in [9.17, 15) is 10.2 Å². The number of rotatable bonds is 2. The standard InChI is InChI=1S/C19H16O4/c1-22-15-5-3-13(20)17-11(15)7-9-19(17)10-8-12-16(23-2)6-4-14(21)18(12)19/h3-10,20-21H,1-2H3. The molecule has 0 unspecified atom stereocenters. The van der Waals surface area contributed by atoms with Crippen molar-refractivity contribution < 1.29 is 19.7 Å². The Balaban J connectivity index is 2.05.